The number of aromatic nitrogens is 1. The van der Waals surface area contributed by atoms with E-state index in [9.17, 15) is 0 Å². The number of benzene rings is 2. The summed E-state index contributed by atoms with van der Waals surface area (Å²) in [6.45, 7) is 3.00. The average molecular weight is 352 g/mol. The third-order valence-electron chi connectivity index (χ3n) is 4.96. The summed E-state index contributed by atoms with van der Waals surface area (Å²) in [5, 5.41) is 9.13. The van der Waals surface area contributed by atoms with Gasteiger partial charge in [-0.25, -0.2) is 0 Å². The van der Waals surface area contributed by atoms with E-state index in [-0.39, 0.29) is 0 Å². The highest BCUT2D eigenvalue weighted by Gasteiger charge is 2.16. The van der Waals surface area contributed by atoms with E-state index in [0.717, 1.165) is 19.6 Å². The number of aryl methyl sites for hydroxylation is 1. The fraction of sp³-hybridized carbons (Fsp3) is 0.409. The number of nitrogens with one attached hydrogen (secondary N) is 2. The zero-order valence-corrected chi connectivity index (χ0v) is 16.5. The van der Waals surface area contributed by atoms with Crippen molar-refractivity contribution < 1.29 is 4.57 Å². The van der Waals surface area contributed by atoms with Crippen LogP contribution in [-0.4, -0.2) is 34.7 Å². The van der Waals surface area contributed by atoms with Gasteiger partial charge in [0.1, 0.15) is 6.54 Å². The van der Waals surface area contributed by atoms with E-state index in [1.54, 1.807) is 0 Å². The number of rotatable bonds is 8. The first kappa shape index (κ1) is 18.6. The molecule has 0 saturated heterocycles. The van der Waals surface area contributed by atoms with Crippen LogP contribution < -0.4 is 20.1 Å². The number of pyridine rings is 1. The Hall–Kier alpha value is -2.17. The summed E-state index contributed by atoms with van der Waals surface area (Å²) in [6, 6.07) is 15.9. The predicted octanol–water partition coefficient (Wildman–Crippen LogP) is 3.07. The monoisotopic (exact) mass is 351 g/mol. The van der Waals surface area contributed by atoms with Gasteiger partial charge in [0, 0.05) is 55.7 Å². The highest BCUT2D eigenvalue weighted by molar-refractivity contribution is 5.90. The van der Waals surface area contributed by atoms with Crippen molar-refractivity contribution in [1.29, 1.82) is 0 Å². The largest absolute Gasteiger partial charge is 0.377 e. The second kappa shape index (κ2) is 8.47. The topological polar surface area (TPSA) is 31.2 Å². The molecule has 0 aliphatic carbocycles. The van der Waals surface area contributed by atoms with Crippen LogP contribution in [0.25, 0.3) is 21.8 Å². The quantitative estimate of drug-likeness (QED) is 0.372. The average Bonchev–Trinajstić information content (AvgIpc) is 2.64. The van der Waals surface area contributed by atoms with Crippen molar-refractivity contribution in [2.24, 2.45) is 0 Å². The Balaban J connectivity index is 2.16. The Morgan fingerprint density at radius 2 is 1.58 bits per heavy atom. The summed E-state index contributed by atoms with van der Waals surface area (Å²) in [5.41, 5.74) is 5.21. The van der Waals surface area contributed by atoms with Crippen LogP contribution in [0.15, 0.2) is 42.5 Å². The third kappa shape index (κ3) is 3.97. The van der Waals surface area contributed by atoms with Crippen LogP contribution in [-0.2, 0) is 13.1 Å². The molecule has 0 bridgehead atoms. The van der Waals surface area contributed by atoms with E-state index in [0.29, 0.717) is 0 Å². The number of anilines is 1. The summed E-state index contributed by atoms with van der Waals surface area (Å²) < 4.78 is 2.51. The molecule has 0 aliphatic heterocycles. The van der Waals surface area contributed by atoms with Crippen LogP contribution >= 0.6 is 0 Å². The molecule has 3 rings (SSSR count). The predicted molar refractivity (Wildman–Crippen MR) is 112 cm³/mol. The van der Waals surface area contributed by atoms with Crippen molar-refractivity contribution in [2.75, 3.05) is 39.6 Å². The molecule has 3 aromatic rings. The van der Waals surface area contributed by atoms with Crippen LogP contribution in [0.2, 0.25) is 0 Å². The summed E-state index contributed by atoms with van der Waals surface area (Å²) in [5.74, 6) is 0. The number of hydrogen-bond donors (Lipinski definition) is 2. The smallest absolute Gasteiger partial charge is 0.215 e. The molecule has 0 fully saturated rings. The minimum atomic E-state index is 0.894. The fourth-order valence-electron chi connectivity index (χ4n) is 3.54. The molecule has 0 unspecified atom stereocenters. The first-order valence-corrected chi connectivity index (χ1v) is 9.50. The molecule has 4 heteroatoms. The van der Waals surface area contributed by atoms with E-state index >= 15 is 0 Å². The SMILES string of the molecule is CNCCCC[n+]1c2cc(CNC)ccc2cc2ccc(N(C)C)cc21. The second-order valence-corrected chi connectivity index (χ2v) is 7.17. The van der Waals surface area contributed by atoms with Gasteiger partial charge >= 0.3 is 0 Å². The van der Waals surface area contributed by atoms with Gasteiger partial charge in [-0.2, -0.15) is 4.57 Å². The second-order valence-electron chi connectivity index (χ2n) is 7.17. The van der Waals surface area contributed by atoms with Gasteiger partial charge in [-0.3, -0.25) is 0 Å². The minimum Gasteiger partial charge on any atom is -0.377 e. The van der Waals surface area contributed by atoms with E-state index in [2.05, 4.69) is 76.7 Å². The first-order chi connectivity index (χ1) is 12.6. The summed E-state index contributed by atoms with van der Waals surface area (Å²) in [6.07, 6.45) is 2.35. The lowest BCUT2D eigenvalue weighted by Gasteiger charge is -2.13. The Labute approximate surface area is 156 Å². The first-order valence-electron chi connectivity index (χ1n) is 9.50. The molecule has 0 radical (unpaired) electrons. The molecular weight excluding hydrogens is 320 g/mol. The highest BCUT2D eigenvalue weighted by Crippen LogP contribution is 2.23. The maximum absolute atomic E-state index is 3.27. The molecule has 0 amide bonds. The minimum absolute atomic E-state index is 0.894. The molecule has 0 aliphatic rings. The van der Waals surface area contributed by atoms with Crippen molar-refractivity contribution in [3.05, 3.63) is 48.0 Å². The van der Waals surface area contributed by atoms with Crippen LogP contribution in [0.3, 0.4) is 0 Å². The molecule has 26 heavy (non-hydrogen) atoms. The molecule has 2 aromatic carbocycles. The molecule has 0 atom stereocenters. The van der Waals surface area contributed by atoms with Gasteiger partial charge in [0.25, 0.3) is 0 Å². The van der Waals surface area contributed by atoms with Gasteiger partial charge in [0.05, 0.1) is 0 Å². The Bertz CT molecular complexity index is 886. The fourth-order valence-corrected chi connectivity index (χ4v) is 3.54. The lowest BCUT2D eigenvalue weighted by atomic mass is 10.1. The zero-order valence-electron chi connectivity index (χ0n) is 16.5. The van der Waals surface area contributed by atoms with Crippen molar-refractivity contribution in [3.63, 3.8) is 0 Å². The number of unbranched alkanes of at least 4 members (excludes halogenated alkanes) is 1. The molecule has 1 heterocycles. The van der Waals surface area contributed by atoms with E-state index in [4.69, 9.17) is 0 Å². The Kier molecular flexibility index (Phi) is 6.07. The van der Waals surface area contributed by atoms with Gasteiger partial charge in [-0.05, 0) is 56.9 Å². The Morgan fingerprint density at radius 3 is 2.27 bits per heavy atom. The van der Waals surface area contributed by atoms with Crippen LogP contribution in [0.4, 0.5) is 5.69 Å². The number of fused-ring (bicyclic) bond motifs is 2. The van der Waals surface area contributed by atoms with E-state index in [1.165, 1.54) is 45.9 Å². The highest BCUT2D eigenvalue weighted by atomic mass is 15.1. The van der Waals surface area contributed by atoms with Crippen LogP contribution in [0, 0.1) is 0 Å². The third-order valence-corrected chi connectivity index (χ3v) is 4.96. The van der Waals surface area contributed by atoms with Crippen molar-refractivity contribution >= 4 is 27.5 Å². The van der Waals surface area contributed by atoms with Gasteiger partial charge < -0.3 is 15.5 Å². The Morgan fingerprint density at radius 1 is 0.846 bits per heavy atom. The molecule has 0 spiro atoms. The molecule has 1 aromatic heterocycles. The van der Waals surface area contributed by atoms with Crippen molar-refractivity contribution in [3.8, 4) is 0 Å². The van der Waals surface area contributed by atoms with Gasteiger partial charge in [-0.1, -0.05) is 6.07 Å². The van der Waals surface area contributed by atoms with Crippen LogP contribution in [0.5, 0.6) is 0 Å². The lowest BCUT2D eigenvalue weighted by Crippen LogP contribution is -2.36. The van der Waals surface area contributed by atoms with Crippen molar-refractivity contribution in [2.45, 2.75) is 25.9 Å². The molecule has 2 N–H and O–H groups in total. The van der Waals surface area contributed by atoms with E-state index in [1.807, 2.05) is 14.1 Å². The molecule has 4 nitrogen and oxygen atoms in total. The lowest BCUT2D eigenvalue weighted by molar-refractivity contribution is -0.645. The molecular formula is C22H31N4+. The molecule has 0 saturated carbocycles. The summed E-state index contributed by atoms with van der Waals surface area (Å²) >= 11 is 0. The summed E-state index contributed by atoms with van der Waals surface area (Å²) in [7, 11) is 8.22. The molecule has 138 valence electrons. The van der Waals surface area contributed by atoms with Gasteiger partial charge in [0.15, 0.2) is 0 Å². The van der Waals surface area contributed by atoms with Gasteiger partial charge in [0.2, 0.25) is 11.0 Å². The number of hydrogen-bond acceptors (Lipinski definition) is 3. The van der Waals surface area contributed by atoms with E-state index < -0.39 is 0 Å². The van der Waals surface area contributed by atoms with Gasteiger partial charge in [-0.15, -0.1) is 0 Å². The van der Waals surface area contributed by atoms with Crippen LogP contribution in [0.1, 0.15) is 18.4 Å². The summed E-state index contributed by atoms with van der Waals surface area (Å²) in [4.78, 5) is 2.17. The number of nitrogens with zero attached hydrogens (tertiary/aromatic N) is 2. The standard InChI is InChI=1S/C22H31N4/c1-23-11-5-6-12-26-21-13-17(16-24-2)7-8-18(21)14-19-9-10-20(25(3)4)15-22(19)26/h7-10,13-15,23-24H,5-6,11-12,16H2,1-4H3/q+1. The maximum atomic E-state index is 3.27. The maximum Gasteiger partial charge on any atom is 0.215 e. The van der Waals surface area contributed by atoms with Crippen molar-refractivity contribution in [1.82, 2.24) is 10.6 Å². The zero-order chi connectivity index (χ0) is 18.5. The normalized spacial score (nSPS) is 11.4.